The van der Waals surface area contributed by atoms with E-state index in [1.54, 1.807) is 91.0 Å². The summed E-state index contributed by atoms with van der Waals surface area (Å²) in [6.45, 7) is -14.9. The molecule has 0 radical (unpaired) electrons. The van der Waals surface area contributed by atoms with Gasteiger partial charge < -0.3 is 25.2 Å². The highest BCUT2D eigenvalue weighted by Crippen LogP contribution is 2.35. The minimum absolute atomic E-state index is 0.325. The smallest absolute Gasteiger partial charge is 0.335 e. The molecule has 5 rings (SSSR count). The van der Waals surface area contributed by atoms with Crippen molar-refractivity contribution >= 4 is 12.0 Å². The maximum atomic E-state index is 12.1. The van der Waals surface area contributed by atoms with Gasteiger partial charge in [-0.25, -0.2) is 4.79 Å². The minimum atomic E-state index is -3.57. The van der Waals surface area contributed by atoms with Gasteiger partial charge in [-0.05, 0) is 22.8 Å². The van der Waals surface area contributed by atoms with Crippen molar-refractivity contribution in [2.24, 2.45) is 0 Å². The highest BCUT2D eigenvalue weighted by atomic mass is 16.6. The molecule has 0 unspecified atom stereocenters. The van der Waals surface area contributed by atoms with Crippen molar-refractivity contribution in [1.82, 2.24) is 4.90 Å². The van der Waals surface area contributed by atoms with E-state index in [9.17, 15) is 36.2 Å². The Bertz CT molecular complexity index is 1550. The van der Waals surface area contributed by atoms with Crippen molar-refractivity contribution in [1.29, 1.82) is 0 Å². The van der Waals surface area contributed by atoms with Crippen LogP contribution in [0, 0.1) is 0 Å². The van der Waals surface area contributed by atoms with Crippen LogP contribution in [0.15, 0.2) is 97.1 Å². The summed E-state index contributed by atoms with van der Waals surface area (Å²) in [5.41, 5.74) is 1.22. The second-order valence-electron chi connectivity index (χ2n) is 9.66. The van der Waals surface area contributed by atoms with Crippen molar-refractivity contribution in [3.05, 3.63) is 114 Å². The van der Waals surface area contributed by atoms with Crippen molar-refractivity contribution in [3.8, 4) is 0 Å². The van der Waals surface area contributed by atoms with Gasteiger partial charge in [-0.2, -0.15) is 0 Å². The van der Waals surface area contributed by atoms with Gasteiger partial charge in [-0.1, -0.05) is 97.1 Å². The fourth-order valence-electron chi connectivity index (χ4n) is 4.90. The average Bonchev–Trinajstić information content (AvgIpc) is 3.05. The topological polar surface area (TPSA) is 110 Å². The number of aliphatic hydroxyl groups is 3. The number of rotatable bonds is 8. The molecule has 8 heteroatoms. The van der Waals surface area contributed by atoms with Crippen LogP contribution in [0.1, 0.15) is 33.7 Å². The summed E-state index contributed by atoms with van der Waals surface area (Å²) in [5, 5.41) is 42.4. The van der Waals surface area contributed by atoms with Crippen LogP contribution in [0.3, 0.4) is 0 Å². The number of carbonyl (C=O) groups is 1. The summed E-state index contributed by atoms with van der Waals surface area (Å²) < 4.78 is 79.3. The standard InChI is InChI=1S/C32H36N2O6/c35-27-28(36)30(32(38)39)40-31(29(27)37)34(20-10-13-23-11-4-1-5-12-23)21-18-33(19-22-34)26(24-14-6-2-7-15-24)25-16-8-3-9-17-25/h1-17,26-31,35-37H,18-22H2/p+1/b13-10+/t27-,28-,29+,30-,31+/m0/s1/i18D2,19D2,21D2,22D2. The largest absolute Gasteiger partial charge is 0.479 e. The van der Waals surface area contributed by atoms with Gasteiger partial charge in [0.05, 0.1) is 31.1 Å². The number of hydrogen-bond donors (Lipinski definition) is 4. The fraction of sp³-hybridized carbons (Fsp3) is 0.344. The van der Waals surface area contributed by atoms with E-state index >= 15 is 0 Å². The van der Waals surface area contributed by atoms with Crippen LogP contribution in [0.5, 0.6) is 0 Å². The number of piperazine rings is 1. The number of ether oxygens (including phenoxy) is 1. The van der Waals surface area contributed by atoms with Crippen molar-refractivity contribution in [2.75, 3.05) is 32.5 Å². The monoisotopic (exact) mass is 553 g/mol. The Morgan fingerprint density at radius 1 is 0.875 bits per heavy atom. The number of benzene rings is 3. The van der Waals surface area contributed by atoms with E-state index in [1.165, 1.54) is 12.2 Å². The molecule has 0 bridgehead atoms. The van der Waals surface area contributed by atoms with Gasteiger partial charge in [-0.3, -0.25) is 9.38 Å². The zero-order valence-corrected chi connectivity index (χ0v) is 21.5. The lowest BCUT2D eigenvalue weighted by molar-refractivity contribution is -0.976. The average molecular weight is 554 g/mol. The lowest BCUT2D eigenvalue weighted by Gasteiger charge is -2.53. The number of aliphatic carboxylic acids is 1. The van der Waals surface area contributed by atoms with E-state index < -0.39 is 79.7 Å². The van der Waals surface area contributed by atoms with Gasteiger partial charge in [0, 0.05) is 18.5 Å². The zero-order chi connectivity index (χ0) is 35.3. The summed E-state index contributed by atoms with van der Waals surface area (Å²) in [6, 6.07) is 23.3. The number of quaternary nitrogens is 1. The third-order valence-electron chi connectivity index (χ3n) is 7.00. The molecule has 40 heavy (non-hydrogen) atoms. The Balaban J connectivity index is 1.79. The molecule has 210 valence electrons. The SMILES string of the molecule is [2H]C1([2H])N(C(c2ccccc2)c2ccccc2)C([2H])([2H])C([2H])([2H])[N+](C/C=C/c2ccccc2)([C@@H]2O[C@H](C(=O)O)[C@@H](O)[C@H](O)[C@H]2O)C1([2H])[2H]. The normalized spacial score (nSPS) is 35.1. The van der Waals surface area contributed by atoms with E-state index in [0.717, 1.165) is 0 Å². The molecule has 0 aliphatic carbocycles. The number of aliphatic hydroxyl groups excluding tert-OH is 3. The number of hydrogen-bond acceptors (Lipinski definition) is 6. The van der Waals surface area contributed by atoms with Gasteiger partial charge in [0.15, 0.2) is 12.2 Å². The first-order valence-electron chi connectivity index (χ1n) is 16.9. The summed E-state index contributed by atoms with van der Waals surface area (Å²) in [4.78, 5) is 12.6. The first-order chi connectivity index (χ1) is 22.4. The molecule has 0 aromatic heterocycles. The molecule has 0 amide bonds. The molecule has 2 aliphatic heterocycles. The summed E-state index contributed by atoms with van der Waals surface area (Å²) >= 11 is 0. The molecule has 8 nitrogen and oxygen atoms in total. The van der Waals surface area contributed by atoms with E-state index in [-0.39, 0.29) is 0 Å². The predicted molar refractivity (Wildman–Crippen MR) is 151 cm³/mol. The summed E-state index contributed by atoms with van der Waals surface area (Å²) in [5.74, 6) is -1.82. The number of carboxylic acid groups (broad SMARTS) is 1. The van der Waals surface area contributed by atoms with Gasteiger partial charge in [0.2, 0.25) is 6.23 Å². The molecule has 3 aromatic carbocycles. The lowest BCUT2D eigenvalue weighted by Crippen LogP contribution is -2.73. The van der Waals surface area contributed by atoms with Gasteiger partial charge in [-0.15, -0.1) is 0 Å². The number of nitrogens with zero attached hydrogens (tertiary/aromatic N) is 2. The highest BCUT2D eigenvalue weighted by Gasteiger charge is 2.55. The maximum Gasteiger partial charge on any atom is 0.335 e. The van der Waals surface area contributed by atoms with E-state index in [4.69, 9.17) is 4.74 Å². The molecule has 2 aliphatic rings. The molecule has 2 saturated heterocycles. The Kier molecular flexibility index (Phi) is 6.11. The Morgan fingerprint density at radius 2 is 1.40 bits per heavy atom. The van der Waals surface area contributed by atoms with Gasteiger partial charge in [0.25, 0.3) is 0 Å². The second-order valence-corrected chi connectivity index (χ2v) is 9.66. The Morgan fingerprint density at radius 3 is 1.93 bits per heavy atom. The molecule has 2 heterocycles. The quantitative estimate of drug-likeness (QED) is 0.317. The van der Waals surface area contributed by atoms with Crippen LogP contribution < -0.4 is 0 Å². The van der Waals surface area contributed by atoms with Crippen LogP contribution in [0.25, 0.3) is 6.08 Å². The van der Waals surface area contributed by atoms with E-state index in [0.29, 0.717) is 21.6 Å². The Hall–Kier alpha value is -3.37. The number of carboxylic acids is 1. The second kappa shape index (κ2) is 12.4. The summed E-state index contributed by atoms with van der Waals surface area (Å²) in [7, 11) is 0. The third-order valence-corrected chi connectivity index (χ3v) is 7.00. The van der Waals surface area contributed by atoms with Crippen LogP contribution in [0.2, 0.25) is 0 Å². The molecule has 5 atom stereocenters. The molecule has 3 aromatic rings. The first-order valence-corrected chi connectivity index (χ1v) is 12.9. The van der Waals surface area contributed by atoms with Crippen LogP contribution >= 0.6 is 0 Å². The summed E-state index contributed by atoms with van der Waals surface area (Å²) in [6.07, 6.45) is -8.94. The fourth-order valence-corrected chi connectivity index (χ4v) is 4.90. The Labute approximate surface area is 245 Å². The van der Waals surface area contributed by atoms with Crippen molar-refractivity contribution in [3.63, 3.8) is 0 Å². The molecule has 0 saturated carbocycles. The van der Waals surface area contributed by atoms with Crippen molar-refractivity contribution in [2.45, 2.75) is 36.7 Å². The molecule has 4 N–H and O–H groups in total. The third kappa shape index (κ3) is 5.88. The minimum Gasteiger partial charge on any atom is -0.479 e. The van der Waals surface area contributed by atoms with Crippen LogP contribution in [0.4, 0.5) is 0 Å². The molecular formula is C32H37N2O6+. The van der Waals surface area contributed by atoms with E-state index in [1.807, 2.05) is 0 Å². The zero-order valence-electron chi connectivity index (χ0n) is 29.5. The molecular weight excluding hydrogens is 508 g/mol. The molecule has 2 fully saturated rings. The predicted octanol–water partition coefficient (Wildman–Crippen LogP) is 2.51. The van der Waals surface area contributed by atoms with Crippen LogP contribution in [-0.2, 0) is 9.53 Å². The van der Waals surface area contributed by atoms with Crippen molar-refractivity contribution < 1.29 is 45.4 Å². The molecule has 0 spiro atoms. The lowest BCUT2D eigenvalue weighted by atomic mass is 9.94. The maximum absolute atomic E-state index is 12.1. The van der Waals surface area contributed by atoms with Crippen LogP contribution in [-0.4, -0.2) is 99.0 Å². The first kappa shape index (κ1) is 19.7. The van der Waals surface area contributed by atoms with Gasteiger partial charge >= 0.3 is 5.97 Å². The van der Waals surface area contributed by atoms with Gasteiger partial charge in [0.1, 0.15) is 12.2 Å². The highest BCUT2D eigenvalue weighted by molar-refractivity contribution is 5.73. The van der Waals surface area contributed by atoms with E-state index in [2.05, 4.69) is 0 Å².